The van der Waals surface area contributed by atoms with Crippen LogP contribution in [0.15, 0.2) is 52.2 Å². The van der Waals surface area contributed by atoms with E-state index >= 15 is 0 Å². The summed E-state index contributed by atoms with van der Waals surface area (Å²) < 4.78 is 5.15. The van der Waals surface area contributed by atoms with Gasteiger partial charge in [-0.15, -0.1) is 0 Å². The molecule has 0 aliphatic rings. The molecule has 5 nitrogen and oxygen atoms in total. The predicted molar refractivity (Wildman–Crippen MR) is 85.4 cm³/mol. The smallest absolute Gasteiger partial charge is 0.233 e. The van der Waals surface area contributed by atoms with Crippen molar-refractivity contribution in [3.8, 4) is 0 Å². The van der Waals surface area contributed by atoms with E-state index in [2.05, 4.69) is 10.3 Å². The molecule has 2 aromatic rings. The van der Waals surface area contributed by atoms with Crippen LogP contribution in [0.1, 0.15) is 32.1 Å². The van der Waals surface area contributed by atoms with Crippen LogP contribution < -0.4 is 5.32 Å². The lowest BCUT2D eigenvalue weighted by Crippen LogP contribution is -2.38. The lowest BCUT2D eigenvalue weighted by Gasteiger charge is -2.19. The third-order valence-corrected chi connectivity index (χ3v) is 4.19. The average Bonchev–Trinajstić information content (AvgIpc) is 3.02. The molecule has 0 aromatic carbocycles. The molecule has 2 aromatic heterocycles. The normalized spacial score (nSPS) is 15.0. The van der Waals surface area contributed by atoms with Crippen LogP contribution in [0.25, 0.3) is 0 Å². The number of rotatable bonds is 7. The Balaban J connectivity index is 1.80. The number of aliphatic hydroxyl groups is 1. The number of carbonyl (C=O) groups excluding carboxylic acids is 1. The van der Waals surface area contributed by atoms with Gasteiger partial charge in [-0.25, -0.2) is 4.98 Å². The van der Waals surface area contributed by atoms with E-state index in [1.807, 2.05) is 32.0 Å². The minimum absolute atomic E-state index is 0.0743. The van der Waals surface area contributed by atoms with Gasteiger partial charge in [-0.3, -0.25) is 4.79 Å². The fourth-order valence-corrected chi connectivity index (χ4v) is 2.82. The molecule has 0 fully saturated rings. The zero-order valence-electron chi connectivity index (χ0n) is 12.6. The van der Waals surface area contributed by atoms with Crippen molar-refractivity contribution < 1.29 is 14.3 Å². The molecule has 2 N–H and O–H groups in total. The molecule has 3 atom stereocenters. The first-order chi connectivity index (χ1) is 10.6. The molecule has 2 rings (SSSR count). The summed E-state index contributed by atoms with van der Waals surface area (Å²) in [5.41, 5.74) is 0. The van der Waals surface area contributed by atoms with Crippen LogP contribution in [0.4, 0.5) is 0 Å². The molecular weight excluding hydrogens is 300 g/mol. The maximum Gasteiger partial charge on any atom is 0.233 e. The zero-order valence-corrected chi connectivity index (χ0v) is 13.4. The van der Waals surface area contributed by atoms with Gasteiger partial charge in [0.15, 0.2) is 0 Å². The number of aromatic nitrogens is 1. The van der Waals surface area contributed by atoms with Crippen molar-refractivity contribution in [1.29, 1.82) is 0 Å². The predicted octanol–water partition coefficient (Wildman–Crippen LogP) is 2.78. The number of furan rings is 1. The van der Waals surface area contributed by atoms with Gasteiger partial charge in [0, 0.05) is 18.7 Å². The molecule has 6 heteroatoms. The minimum atomic E-state index is -0.718. The number of amides is 1. The summed E-state index contributed by atoms with van der Waals surface area (Å²) in [6.45, 7) is 3.70. The van der Waals surface area contributed by atoms with Gasteiger partial charge in [-0.2, -0.15) is 0 Å². The van der Waals surface area contributed by atoms with Crippen LogP contribution in [-0.2, 0) is 4.79 Å². The van der Waals surface area contributed by atoms with Crippen LogP contribution >= 0.6 is 11.8 Å². The average molecular weight is 320 g/mol. The summed E-state index contributed by atoms with van der Waals surface area (Å²) in [4.78, 5) is 16.4. The van der Waals surface area contributed by atoms with Crippen molar-refractivity contribution in [2.45, 2.75) is 42.7 Å². The number of carbonyl (C=O) groups is 1. The first-order valence-corrected chi connectivity index (χ1v) is 8.03. The van der Waals surface area contributed by atoms with E-state index in [1.165, 1.54) is 18.0 Å². The molecular formula is C16H20N2O3S. The summed E-state index contributed by atoms with van der Waals surface area (Å²) in [6.07, 6.45) is 2.91. The van der Waals surface area contributed by atoms with Gasteiger partial charge in [-0.1, -0.05) is 17.8 Å². The van der Waals surface area contributed by atoms with Crippen LogP contribution in [0.3, 0.4) is 0 Å². The maximum atomic E-state index is 12.2. The van der Waals surface area contributed by atoms with Crippen molar-refractivity contribution in [1.82, 2.24) is 10.3 Å². The van der Waals surface area contributed by atoms with Crippen molar-refractivity contribution in [3.05, 3.63) is 48.6 Å². The van der Waals surface area contributed by atoms with Gasteiger partial charge in [0.1, 0.15) is 11.9 Å². The highest BCUT2D eigenvalue weighted by Gasteiger charge is 2.20. The molecule has 0 radical (unpaired) electrons. The molecule has 22 heavy (non-hydrogen) atoms. The second-order valence-corrected chi connectivity index (χ2v) is 6.47. The minimum Gasteiger partial charge on any atom is -0.467 e. The maximum absolute atomic E-state index is 12.2. The Morgan fingerprint density at radius 2 is 2.18 bits per heavy atom. The highest BCUT2D eigenvalue weighted by molar-refractivity contribution is 8.00. The topological polar surface area (TPSA) is 75.4 Å². The fourth-order valence-electron chi connectivity index (χ4n) is 2.00. The Labute approximate surface area is 134 Å². The lowest BCUT2D eigenvalue weighted by molar-refractivity contribution is -0.121. The second kappa shape index (κ2) is 8.00. The fraction of sp³-hybridized carbons (Fsp3) is 0.375. The van der Waals surface area contributed by atoms with Crippen LogP contribution in [0, 0.1) is 0 Å². The first kappa shape index (κ1) is 16.6. The summed E-state index contributed by atoms with van der Waals surface area (Å²) in [5.74, 6) is 0.437. The Bertz CT molecular complexity index is 574. The quantitative estimate of drug-likeness (QED) is 0.767. The molecule has 0 aliphatic heterocycles. The number of hydrogen-bond acceptors (Lipinski definition) is 5. The molecule has 118 valence electrons. The number of nitrogens with one attached hydrogen (secondary N) is 1. The van der Waals surface area contributed by atoms with Gasteiger partial charge in [0.2, 0.25) is 5.91 Å². The molecule has 0 saturated heterocycles. The number of thioether (sulfide) groups is 1. The van der Waals surface area contributed by atoms with E-state index in [4.69, 9.17) is 4.42 Å². The first-order valence-electron chi connectivity index (χ1n) is 7.16. The largest absolute Gasteiger partial charge is 0.467 e. The Morgan fingerprint density at radius 1 is 1.36 bits per heavy atom. The third kappa shape index (κ3) is 4.89. The Morgan fingerprint density at radius 3 is 2.82 bits per heavy atom. The van der Waals surface area contributed by atoms with E-state index in [9.17, 15) is 9.90 Å². The standard InChI is InChI=1S/C16H20N2O3S/c1-11(10-13(19)14-6-5-9-21-14)18-16(20)12(2)22-15-7-3-4-8-17-15/h3-9,11-13,19H,10H2,1-2H3,(H,18,20). The van der Waals surface area contributed by atoms with E-state index < -0.39 is 6.10 Å². The highest BCUT2D eigenvalue weighted by atomic mass is 32.2. The van der Waals surface area contributed by atoms with Crippen molar-refractivity contribution >= 4 is 17.7 Å². The summed E-state index contributed by atoms with van der Waals surface area (Å²) in [6, 6.07) is 8.90. The van der Waals surface area contributed by atoms with Gasteiger partial charge >= 0.3 is 0 Å². The number of nitrogens with zero attached hydrogens (tertiary/aromatic N) is 1. The zero-order chi connectivity index (χ0) is 15.9. The number of pyridine rings is 1. The SMILES string of the molecule is CC(CC(O)c1ccco1)NC(=O)C(C)Sc1ccccn1. The van der Waals surface area contributed by atoms with Crippen molar-refractivity contribution in [3.63, 3.8) is 0 Å². The number of hydrogen-bond donors (Lipinski definition) is 2. The summed E-state index contributed by atoms with van der Waals surface area (Å²) >= 11 is 1.41. The second-order valence-electron chi connectivity index (χ2n) is 5.10. The molecule has 3 unspecified atom stereocenters. The van der Waals surface area contributed by atoms with Gasteiger partial charge in [0.25, 0.3) is 0 Å². The van der Waals surface area contributed by atoms with Crippen LogP contribution in [0.5, 0.6) is 0 Å². The molecule has 0 bridgehead atoms. The van der Waals surface area contributed by atoms with Gasteiger partial charge in [0.05, 0.1) is 16.5 Å². The molecule has 1 amide bonds. The Kier molecular flexibility index (Phi) is 6.03. The monoisotopic (exact) mass is 320 g/mol. The van der Waals surface area contributed by atoms with E-state index in [0.717, 1.165) is 5.03 Å². The summed E-state index contributed by atoms with van der Waals surface area (Å²) in [5, 5.41) is 13.5. The molecule has 0 saturated carbocycles. The molecule has 0 aliphatic carbocycles. The lowest BCUT2D eigenvalue weighted by atomic mass is 10.1. The van der Waals surface area contributed by atoms with Crippen LogP contribution in [0.2, 0.25) is 0 Å². The third-order valence-electron chi connectivity index (χ3n) is 3.14. The van der Waals surface area contributed by atoms with Crippen molar-refractivity contribution in [2.24, 2.45) is 0 Å². The van der Waals surface area contributed by atoms with Crippen LogP contribution in [-0.4, -0.2) is 27.3 Å². The van der Waals surface area contributed by atoms with Gasteiger partial charge in [-0.05, 0) is 38.1 Å². The Hall–Kier alpha value is -1.79. The number of aliphatic hydroxyl groups excluding tert-OH is 1. The summed E-state index contributed by atoms with van der Waals surface area (Å²) in [7, 11) is 0. The van der Waals surface area contributed by atoms with Crippen molar-refractivity contribution in [2.75, 3.05) is 0 Å². The van der Waals surface area contributed by atoms with E-state index in [1.54, 1.807) is 18.3 Å². The van der Waals surface area contributed by atoms with E-state index in [-0.39, 0.29) is 17.2 Å². The van der Waals surface area contributed by atoms with E-state index in [0.29, 0.717) is 12.2 Å². The van der Waals surface area contributed by atoms with Gasteiger partial charge < -0.3 is 14.8 Å². The highest BCUT2D eigenvalue weighted by Crippen LogP contribution is 2.22. The molecule has 0 spiro atoms. The molecule has 2 heterocycles.